The van der Waals surface area contributed by atoms with Crippen molar-refractivity contribution in [1.29, 1.82) is 0 Å². The lowest BCUT2D eigenvalue weighted by atomic mass is 9.94. The van der Waals surface area contributed by atoms with Gasteiger partial charge in [-0.1, -0.05) is 0 Å². The van der Waals surface area contributed by atoms with Gasteiger partial charge in [0.05, 0.1) is 12.0 Å². The average molecular weight is 240 g/mol. The van der Waals surface area contributed by atoms with Crippen molar-refractivity contribution in [3.05, 3.63) is 31.8 Å². The van der Waals surface area contributed by atoms with Crippen molar-refractivity contribution in [1.82, 2.24) is 9.78 Å². The zero-order valence-corrected chi connectivity index (χ0v) is 10.3. The van der Waals surface area contributed by atoms with Gasteiger partial charge in [-0.05, 0) is 27.7 Å². The van der Waals surface area contributed by atoms with Crippen LogP contribution in [0.1, 0.15) is 25.0 Å². The first-order chi connectivity index (χ1) is 7.66. The monoisotopic (exact) mass is 240 g/mol. The summed E-state index contributed by atoms with van der Waals surface area (Å²) in [6.07, 6.45) is 0. The molecule has 0 atom stereocenters. The van der Waals surface area contributed by atoms with Crippen molar-refractivity contribution < 1.29 is 9.90 Å². The fourth-order valence-corrected chi connectivity index (χ4v) is 1.36. The van der Waals surface area contributed by atoms with Crippen molar-refractivity contribution in [2.24, 2.45) is 5.41 Å². The molecule has 0 aromatic carbocycles. The Morgan fingerprint density at radius 3 is 2.29 bits per heavy atom. The number of carbonyl (C=O) groups is 1. The van der Waals surface area contributed by atoms with Crippen molar-refractivity contribution in [2.75, 3.05) is 0 Å². The van der Waals surface area contributed by atoms with E-state index in [-0.39, 0.29) is 17.7 Å². The van der Waals surface area contributed by atoms with E-state index in [4.69, 9.17) is 5.11 Å². The molecule has 1 aromatic rings. The number of aromatic nitrogens is 2. The molecule has 1 aromatic heterocycles. The van der Waals surface area contributed by atoms with Crippen molar-refractivity contribution in [2.45, 2.75) is 34.2 Å². The highest BCUT2D eigenvalue weighted by molar-refractivity contribution is 5.73. The summed E-state index contributed by atoms with van der Waals surface area (Å²) in [6, 6.07) is 0. The van der Waals surface area contributed by atoms with Gasteiger partial charge in [0.2, 0.25) is 0 Å². The molecule has 0 aliphatic rings. The molecule has 6 heteroatoms. The third-order valence-corrected chi connectivity index (χ3v) is 2.84. The Balaban J connectivity index is 3.32. The summed E-state index contributed by atoms with van der Waals surface area (Å²) in [5.41, 5.74) is -1.15. The Labute approximate surface area is 97.9 Å². The van der Waals surface area contributed by atoms with Gasteiger partial charge in [-0.3, -0.25) is 19.5 Å². The fourth-order valence-electron chi connectivity index (χ4n) is 1.36. The second-order valence-electron chi connectivity index (χ2n) is 4.77. The summed E-state index contributed by atoms with van der Waals surface area (Å²) < 4.78 is 1.05. The minimum atomic E-state index is -1.12. The van der Waals surface area contributed by atoms with Crippen molar-refractivity contribution >= 4 is 5.97 Å². The van der Waals surface area contributed by atoms with Crippen LogP contribution >= 0.6 is 0 Å². The molecule has 0 spiro atoms. The molecule has 6 nitrogen and oxygen atoms in total. The van der Waals surface area contributed by atoms with Crippen LogP contribution in [0, 0.1) is 19.3 Å². The summed E-state index contributed by atoms with van der Waals surface area (Å²) in [5, 5.41) is 11.4. The van der Waals surface area contributed by atoms with E-state index in [1.165, 1.54) is 13.8 Å². The average Bonchev–Trinajstić information content (AvgIpc) is 2.22. The topological polar surface area (TPSA) is 92.2 Å². The summed E-state index contributed by atoms with van der Waals surface area (Å²) >= 11 is 0. The van der Waals surface area contributed by atoms with Gasteiger partial charge >= 0.3 is 5.97 Å². The Bertz CT molecular complexity index is 566. The second kappa shape index (κ2) is 4.20. The molecule has 0 unspecified atom stereocenters. The minimum absolute atomic E-state index is 0.0719. The molecule has 1 rings (SSSR count). The zero-order chi connectivity index (χ0) is 13.4. The summed E-state index contributed by atoms with van der Waals surface area (Å²) in [6.45, 7) is 6.03. The summed E-state index contributed by atoms with van der Waals surface area (Å²) in [4.78, 5) is 34.3. The van der Waals surface area contributed by atoms with Gasteiger partial charge in [-0.25, -0.2) is 4.68 Å². The van der Waals surface area contributed by atoms with Crippen LogP contribution < -0.4 is 11.1 Å². The maximum absolute atomic E-state index is 11.8. The van der Waals surface area contributed by atoms with Gasteiger partial charge in [0, 0.05) is 11.1 Å². The Hall–Kier alpha value is -1.85. The number of hydrogen-bond donors (Lipinski definition) is 2. The van der Waals surface area contributed by atoms with Gasteiger partial charge in [-0.15, -0.1) is 0 Å². The van der Waals surface area contributed by atoms with E-state index in [1.807, 2.05) is 0 Å². The Morgan fingerprint density at radius 1 is 1.29 bits per heavy atom. The molecule has 2 N–H and O–H groups in total. The normalized spacial score (nSPS) is 11.5. The number of carboxylic acid groups (broad SMARTS) is 1. The number of H-pyrrole nitrogens is 1. The lowest BCUT2D eigenvalue weighted by Gasteiger charge is -2.20. The Kier molecular flexibility index (Phi) is 3.26. The molecule has 0 saturated carbocycles. The highest BCUT2D eigenvalue weighted by Gasteiger charge is 2.28. The highest BCUT2D eigenvalue weighted by Crippen LogP contribution is 2.16. The molecule has 94 valence electrons. The van der Waals surface area contributed by atoms with E-state index in [0.29, 0.717) is 11.1 Å². The minimum Gasteiger partial charge on any atom is -0.481 e. The van der Waals surface area contributed by atoms with Crippen molar-refractivity contribution in [3.8, 4) is 0 Å². The largest absolute Gasteiger partial charge is 0.481 e. The molecule has 0 aliphatic heterocycles. The van der Waals surface area contributed by atoms with Crippen LogP contribution in [0.4, 0.5) is 0 Å². The zero-order valence-electron chi connectivity index (χ0n) is 10.3. The van der Waals surface area contributed by atoms with E-state index in [0.717, 1.165) is 4.68 Å². The molecule has 0 amide bonds. The standard InChI is InChI=1S/C11H16N2O4/c1-6-7(2)9(15)13(12-8(6)14)5-11(3,4)10(16)17/h5H2,1-4H3,(H,12,14)(H,16,17). The molecule has 1 heterocycles. The van der Waals surface area contributed by atoms with Gasteiger partial charge in [0.25, 0.3) is 11.1 Å². The highest BCUT2D eigenvalue weighted by atomic mass is 16.4. The second-order valence-corrected chi connectivity index (χ2v) is 4.77. The van der Waals surface area contributed by atoms with Crippen LogP contribution in [0.5, 0.6) is 0 Å². The van der Waals surface area contributed by atoms with E-state index in [9.17, 15) is 14.4 Å². The smallest absolute Gasteiger partial charge is 0.310 e. The van der Waals surface area contributed by atoms with Crippen LogP contribution in [0.15, 0.2) is 9.59 Å². The lowest BCUT2D eigenvalue weighted by Crippen LogP contribution is -2.39. The van der Waals surface area contributed by atoms with E-state index in [2.05, 4.69) is 5.10 Å². The van der Waals surface area contributed by atoms with Gasteiger partial charge in [-0.2, -0.15) is 0 Å². The SMILES string of the molecule is Cc1c(C)c(=O)n(CC(C)(C)C(=O)O)[nH]c1=O. The third kappa shape index (κ3) is 2.46. The number of carboxylic acids is 1. The summed E-state index contributed by atoms with van der Waals surface area (Å²) in [7, 11) is 0. The first kappa shape index (κ1) is 13.2. The summed E-state index contributed by atoms with van der Waals surface area (Å²) in [5.74, 6) is -1.02. The maximum atomic E-state index is 11.8. The third-order valence-electron chi connectivity index (χ3n) is 2.84. The van der Waals surface area contributed by atoms with Crippen LogP contribution in [0.3, 0.4) is 0 Å². The van der Waals surface area contributed by atoms with E-state index in [1.54, 1.807) is 13.8 Å². The van der Waals surface area contributed by atoms with E-state index < -0.39 is 11.4 Å². The number of aromatic amines is 1. The molecule has 0 aliphatic carbocycles. The van der Waals surface area contributed by atoms with Gasteiger partial charge < -0.3 is 5.11 Å². The molecular weight excluding hydrogens is 224 g/mol. The molecule has 0 saturated heterocycles. The van der Waals surface area contributed by atoms with Gasteiger partial charge in [0.15, 0.2) is 0 Å². The lowest BCUT2D eigenvalue weighted by molar-refractivity contribution is -0.147. The van der Waals surface area contributed by atoms with Crippen LogP contribution in [-0.2, 0) is 11.3 Å². The van der Waals surface area contributed by atoms with Crippen LogP contribution in [-0.4, -0.2) is 20.9 Å². The predicted octanol–water partition coefficient (Wildman–Crippen LogP) is 0.264. The number of nitrogens with one attached hydrogen (secondary N) is 1. The molecule has 0 fully saturated rings. The fraction of sp³-hybridized carbons (Fsp3) is 0.545. The predicted molar refractivity (Wildman–Crippen MR) is 62.2 cm³/mol. The molecular formula is C11H16N2O4. The maximum Gasteiger partial charge on any atom is 0.310 e. The number of hydrogen-bond acceptors (Lipinski definition) is 3. The van der Waals surface area contributed by atoms with Crippen LogP contribution in [0.25, 0.3) is 0 Å². The number of aliphatic carboxylic acids is 1. The molecule has 0 bridgehead atoms. The van der Waals surface area contributed by atoms with Crippen LogP contribution in [0.2, 0.25) is 0 Å². The van der Waals surface area contributed by atoms with Gasteiger partial charge in [0.1, 0.15) is 0 Å². The molecule has 0 radical (unpaired) electrons. The quantitative estimate of drug-likeness (QED) is 0.792. The van der Waals surface area contributed by atoms with E-state index >= 15 is 0 Å². The molecule has 17 heavy (non-hydrogen) atoms. The first-order valence-electron chi connectivity index (χ1n) is 5.20. The van der Waals surface area contributed by atoms with Crippen molar-refractivity contribution in [3.63, 3.8) is 0 Å². The number of nitrogens with zero attached hydrogens (tertiary/aromatic N) is 1. The number of rotatable bonds is 3. The Morgan fingerprint density at radius 2 is 1.82 bits per heavy atom. The first-order valence-corrected chi connectivity index (χ1v) is 5.20.